The lowest BCUT2D eigenvalue weighted by Gasteiger charge is -2.10. The Morgan fingerprint density at radius 1 is 0.969 bits per heavy atom. The molecule has 0 radical (unpaired) electrons. The van der Waals surface area contributed by atoms with Crippen LogP contribution in [0.4, 0.5) is 14.5 Å². The fraction of sp³-hybridized carbons (Fsp3) is 0.0833. The maximum Gasteiger partial charge on any atom is 0.272 e. The van der Waals surface area contributed by atoms with Gasteiger partial charge in [-0.2, -0.15) is 5.10 Å². The van der Waals surface area contributed by atoms with Crippen molar-refractivity contribution in [1.29, 1.82) is 0 Å². The van der Waals surface area contributed by atoms with Gasteiger partial charge in [-0.15, -0.1) is 11.3 Å². The smallest absolute Gasteiger partial charge is 0.272 e. The van der Waals surface area contributed by atoms with Crippen LogP contribution in [-0.2, 0) is 13.1 Å². The van der Waals surface area contributed by atoms with Crippen molar-refractivity contribution in [3.8, 4) is 0 Å². The molecule has 3 heterocycles. The molecule has 0 bridgehead atoms. The van der Waals surface area contributed by atoms with E-state index in [0.717, 1.165) is 21.3 Å². The molecule has 0 spiro atoms. The largest absolute Gasteiger partial charge is 0.331 e. The van der Waals surface area contributed by atoms with Crippen molar-refractivity contribution >= 4 is 33.1 Å². The summed E-state index contributed by atoms with van der Waals surface area (Å²) in [6.45, 7) is 0.840. The van der Waals surface area contributed by atoms with Crippen LogP contribution >= 0.6 is 11.3 Å². The molecule has 2 aromatic carbocycles. The number of hydrogen-bond acceptors (Lipinski definition) is 3. The standard InChI is InChI=1S/C24H18F2N4OS/c25-18-6-4-16(5-7-18)13-29-15-20(12-27-29)28-24(31)22-11-23-21(8-9-32-23)30(22)14-17-2-1-3-19(26)10-17/h1-12,15H,13-14H2,(H,28,31). The van der Waals surface area contributed by atoms with E-state index in [0.29, 0.717) is 24.5 Å². The molecular formula is C24H18F2N4OS. The van der Waals surface area contributed by atoms with Crippen LogP contribution in [0.1, 0.15) is 21.6 Å². The molecule has 0 aliphatic carbocycles. The van der Waals surface area contributed by atoms with Gasteiger partial charge < -0.3 is 9.88 Å². The van der Waals surface area contributed by atoms with Crippen molar-refractivity contribution < 1.29 is 13.6 Å². The number of fused-ring (bicyclic) bond motifs is 1. The summed E-state index contributed by atoms with van der Waals surface area (Å²) in [5.41, 5.74) is 3.64. The minimum Gasteiger partial charge on any atom is -0.331 e. The molecule has 0 saturated heterocycles. The second-order valence-electron chi connectivity index (χ2n) is 7.42. The quantitative estimate of drug-likeness (QED) is 0.372. The van der Waals surface area contributed by atoms with Gasteiger partial charge in [0.25, 0.3) is 5.91 Å². The molecular weight excluding hydrogens is 430 g/mol. The highest BCUT2D eigenvalue weighted by atomic mass is 32.1. The van der Waals surface area contributed by atoms with Gasteiger partial charge in [0.05, 0.1) is 28.6 Å². The van der Waals surface area contributed by atoms with E-state index in [2.05, 4.69) is 10.4 Å². The van der Waals surface area contributed by atoms with Gasteiger partial charge in [0, 0.05) is 12.7 Å². The van der Waals surface area contributed by atoms with Crippen molar-refractivity contribution in [3.05, 3.63) is 107 Å². The fourth-order valence-electron chi connectivity index (χ4n) is 3.64. The molecule has 32 heavy (non-hydrogen) atoms. The molecule has 1 N–H and O–H groups in total. The summed E-state index contributed by atoms with van der Waals surface area (Å²) in [5.74, 6) is -0.870. The van der Waals surface area contributed by atoms with E-state index in [1.807, 2.05) is 28.1 Å². The van der Waals surface area contributed by atoms with Crippen LogP contribution in [0, 0.1) is 11.6 Å². The monoisotopic (exact) mass is 448 g/mol. The van der Waals surface area contributed by atoms with Crippen molar-refractivity contribution in [2.75, 3.05) is 5.32 Å². The number of carbonyl (C=O) groups is 1. The van der Waals surface area contributed by atoms with Gasteiger partial charge in [-0.25, -0.2) is 8.78 Å². The van der Waals surface area contributed by atoms with Gasteiger partial charge in [-0.05, 0) is 52.9 Å². The lowest BCUT2D eigenvalue weighted by molar-refractivity contribution is 0.101. The summed E-state index contributed by atoms with van der Waals surface area (Å²) in [6, 6.07) is 16.4. The number of nitrogens with one attached hydrogen (secondary N) is 1. The van der Waals surface area contributed by atoms with E-state index in [4.69, 9.17) is 0 Å². The third kappa shape index (κ3) is 4.17. The number of amides is 1. The summed E-state index contributed by atoms with van der Waals surface area (Å²) in [5, 5.41) is 9.13. The predicted molar refractivity (Wildman–Crippen MR) is 121 cm³/mol. The van der Waals surface area contributed by atoms with Crippen molar-refractivity contribution in [1.82, 2.24) is 14.3 Å². The fourth-order valence-corrected chi connectivity index (χ4v) is 4.46. The lowest BCUT2D eigenvalue weighted by Crippen LogP contribution is -2.17. The molecule has 8 heteroatoms. The van der Waals surface area contributed by atoms with Gasteiger partial charge in [0.1, 0.15) is 17.3 Å². The number of halogens is 2. The Kier molecular flexibility index (Phi) is 5.28. The van der Waals surface area contributed by atoms with Gasteiger partial charge >= 0.3 is 0 Å². The van der Waals surface area contributed by atoms with Crippen molar-refractivity contribution in [2.24, 2.45) is 0 Å². The predicted octanol–water partition coefficient (Wildman–Crippen LogP) is 5.53. The maximum absolute atomic E-state index is 13.7. The average Bonchev–Trinajstić information content (AvgIpc) is 3.48. The second kappa shape index (κ2) is 8.39. The van der Waals surface area contributed by atoms with Gasteiger partial charge in [-0.3, -0.25) is 9.48 Å². The first-order valence-corrected chi connectivity index (χ1v) is 10.8. The maximum atomic E-state index is 13.7. The summed E-state index contributed by atoms with van der Waals surface area (Å²) in [4.78, 5) is 13.1. The summed E-state index contributed by atoms with van der Waals surface area (Å²) in [7, 11) is 0. The molecule has 0 saturated carbocycles. The summed E-state index contributed by atoms with van der Waals surface area (Å²) < 4.78 is 31.3. The Balaban J connectivity index is 1.37. The Morgan fingerprint density at radius 2 is 1.81 bits per heavy atom. The Labute approximate surface area is 186 Å². The van der Waals surface area contributed by atoms with Crippen LogP contribution in [0.3, 0.4) is 0 Å². The molecule has 0 aliphatic rings. The second-order valence-corrected chi connectivity index (χ2v) is 8.37. The normalized spacial score (nSPS) is 11.2. The van der Waals surface area contributed by atoms with Crippen molar-refractivity contribution in [3.63, 3.8) is 0 Å². The summed E-state index contributed by atoms with van der Waals surface area (Å²) >= 11 is 1.55. The zero-order valence-corrected chi connectivity index (χ0v) is 17.7. The van der Waals surface area contributed by atoms with Crippen LogP contribution in [0.2, 0.25) is 0 Å². The van der Waals surface area contributed by atoms with E-state index in [9.17, 15) is 13.6 Å². The van der Waals surface area contributed by atoms with E-state index in [1.165, 1.54) is 24.3 Å². The zero-order chi connectivity index (χ0) is 22.1. The van der Waals surface area contributed by atoms with Gasteiger partial charge in [0.15, 0.2) is 0 Å². The van der Waals surface area contributed by atoms with Crippen LogP contribution in [0.25, 0.3) is 10.2 Å². The van der Waals surface area contributed by atoms with Crippen LogP contribution in [0.5, 0.6) is 0 Å². The van der Waals surface area contributed by atoms with E-state index >= 15 is 0 Å². The number of benzene rings is 2. The van der Waals surface area contributed by atoms with Crippen molar-refractivity contribution in [2.45, 2.75) is 13.1 Å². The highest BCUT2D eigenvalue weighted by molar-refractivity contribution is 7.17. The molecule has 5 rings (SSSR count). The molecule has 5 nitrogen and oxygen atoms in total. The third-order valence-electron chi connectivity index (χ3n) is 5.13. The number of thiophene rings is 1. The highest BCUT2D eigenvalue weighted by Crippen LogP contribution is 2.27. The van der Waals surface area contributed by atoms with E-state index < -0.39 is 0 Å². The van der Waals surface area contributed by atoms with E-state index in [1.54, 1.807) is 46.6 Å². The average molecular weight is 448 g/mol. The Hall–Kier alpha value is -3.78. The van der Waals surface area contributed by atoms with E-state index in [-0.39, 0.29) is 17.5 Å². The molecule has 0 aliphatic heterocycles. The molecule has 160 valence electrons. The lowest BCUT2D eigenvalue weighted by atomic mass is 10.2. The first kappa shape index (κ1) is 20.1. The first-order chi connectivity index (χ1) is 15.5. The Morgan fingerprint density at radius 3 is 2.62 bits per heavy atom. The van der Waals surface area contributed by atoms with Crippen LogP contribution in [0.15, 0.2) is 78.4 Å². The minimum absolute atomic E-state index is 0.272. The number of carbonyl (C=O) groups excluding carboxylic acids is 1. The molecule has 3 aromatic heterocycles. The molecule has 0 unspecified atom stereocenters. The van der Waals surface area contributed by atoms with Gasteiger partial charge in [0.2, 0.25) is 0 Å². The molecule has 5 aromatic rings. The molecule has 0 fully saturated rings. The number of rotatable bonds is 6. The Bertz CT molecular complexity index is 1400. The van der Waals surface area contributed by atoms with Crippen LogP contribution < -0.4 is 5.32 Å². The number of nitrogens with zero attached hydrogens (tertiary/aromatic N) is 3. The first-order valence-electron chi connectivity index (χ1n) is 9.94. The molecule has 1 amide bonds. The molecule has 0 atom stereocenters. The number of aromatic nitrogens is 3. The topological polar surface area (TPSA) is 51.9 Å². The third-order valence-corrected chi connectivity index (χ3v) is 5.99. The highest BCUT2D eigenvalue weighted by Gasteiger charge is 2.18. The number of hydrogen-bond donors (Lipinski definition) is 1. The van der Waals surface area contributed by atoms with Gasteiger partial charge in [-0.1, -0.05) is 24.3 Å². The number of anilines is 1. The minimum atomic E-state index is -0.309. The zero-order valence-electron chi connectivity index (χ0n) is 16.8. The summed E-state index contributed by atoms with van der Waals surface area (Å²) in [6.07, 6.45) is 3.30. The SMILES string of the molecule is O=C(Nc1cnn(Cc2ccc(F)cc2)c1)c1cc2sccc2n1Cc1cccc(F)c1. The van der Waals surface area contributed by atoms with Crippen LogP contribution in [-0.4, -0.2) is 20.3 Å².